The van der Waals surface area contributed by atoms with Gasteiger partial charge in [0.05, 0.1) is 6.10 Å². The van der Waals surface area contributed by atoms with Crippen molar-refractivity contribution in [3.63, 3.8) is 0 Å². The standard InChI is InChI=1S/C15H20N2O3/c1-11-7-9-17(10-13(11)20-2)15-12(4-3-8-16-15)5-6-14(18)19/h3-6,8,11,13H,7,9-10H2,1-2H3,(H,18,19)/b6-5+. The van der Waals surface area contributed by atoms with Crippen molar-refractivity contribution in [1.29, 1.82) is 0 Å². The molecule has 108 valence electrons. The van der Waals surface area contributed by atoms with Gasteiger partial charge >= 0.3 is 5.97 Å². The fourth-order valence-corrected chi connectivity index (χ4v) is 2.50. The summed E-state index contributed by atoms with van der Waals surface area (Å²) in [6, 6.07) is 3.69. The van der Waals surface area contributed by atoms with Gasteiger partial charge in [0.2, 0.25) is 0 Å². The zero-order chi connectivity index (χ0) is 14.5. The number of piperidine rings is 1. The van der Waals surface area contributed by atoms with Crippen molar-refractivity contribution in [3.05, 3.63) is 30.0 Å². The molecule has 0 amide bonds. The summed E-state index contributed by atoms with van der Waals surface area (Å²) in [7, 11) is 1.73. The first-order valence-corrected chi connectivity index (χ1v) is 6.75. The lowest BCUT2D eigenvalue weighted by atomic mass is 9.95. The Bertz CT molecular complexity index is 502. The third-order valence-electron chi connectivity index (χ3n) is 3.71. The Morgan fingerprint density at radius 3 is 3.10 bits per heavy atom. The second-order valence-corrected chi connectivity index (χ2v) is 5.07. The molecule has 5 heteroatoms. The predicted molar refractivity (Wildman–Crippen MR) is 77.7 cm³/mol. The molecular weight excluding hydrogens is 256 g/mol. The monoisotopic (exact) mass is 276 g/mol. The van der Waals surface area contributed by atoms with Crippen LogP contribution in [0.1, 0.15) is 18.9 Å². The summed E-state index contributed by atoms with van der Waals surface area (Å²) in [6.07, 6.45) is 5.68. The molecule has 5 nitrogen and oxygen atoms in total. The largest absolute Gasteiger partial charge is 0.478 e. The van der Waals surface area contributed by atoms with Crippen molar-refractivity contribution in [3.8, 4) is 0 Å². The second kappa shape index (κ2) is 6.52. The summed E-state index contributed by atoms with van der Waals surface area (Å²) in [5.41, 5.74) is 0.819. The molecule has 20 heavy (non-hydrogen) atoms. The summed E-state index contributed by atoms with van der Waals surface area (Å²) in [4.78, 5) is 17.2. The summed E-state index contributed by atoms with van der Waals surface area (Å²) in [5.74, 6) is 0.388. The van der Waals surface area contributed by atoms with E-state index in [2.05, 4.69) is 16.8 Å². The maximum absolute atomic E-state index is 10.7. The van der Waals surface area contributed by atoms with Gasteiger partial charge in [0, 0.05) is 38.0 Å². The fourth-order valence-electron chi connectivity index (χ4n) is 2.50. The molecule has 2 atom stereocenters. The first-order valence-electron chi connectivity index (χ1n) is 6.75. The highest BCUT2D eigenvalue weighted by Crippen LogP contribution is 2.26. The number of carboxylic acids is 1. The van der Waals surface area contributed by atoms with E-state index in [9.17, 15) is 4.79 Å². The zero-order valence-electron chi connectivity index (χ0n) is 11.8. The van der Waals surface area contributed by atoms with Gasteiger partial charge in [-0.2, -0.15) is 0 Å². The molecule has 0 bridgehead atoms. The molecule has 0 spiro atoms. The number of carboxylic acid groups (broad SMARTS) is 1. The highest BCUT2D eigenvalue weighted by molar-refractivity contribution is 5.86. The number of aromatic nitrogens is 1. The van der Waals surface area contributed by atoms with E-state index in [1.54, 1.807) is 19.4 Å². The molecule has 2 unspecified atom stereocenters. The number of aliphatic carboxylic acids is 1. The molecule has 1 saturated heterocycles. The van der Waals surface area contributed by atoms with Crippen molar-refractivity contribution in [1.82, 2.24) is 4.98 Å². The quantitative estimate of drug-likeness (QED) is 0.853. The van der Waals surface area contributed by atoms with Gasteiger partial charge in [-0.25, -0.2) is 9.78 Å². The Morgan fingerprint density at radius 1 is 1.60 bits per heavy atom. The van der Waals surface area contributed by atoms with Crippen LogP contribution in [0.2, 0.25) is 0 Å². The Labute approximate surface area is 118 Å². The molecule has 1 aromatic rings. The van der Waals surface area contributed by atoms with Crippen LogP contribution >= 0.6 is 0 Å². The number of methoxy groups -OCH3 is 1. The highest BCUT2D eigenvalue weighted by Gasteiger charge is 2.27. The van der Waals surface area contributed by atoms with Crippen molar-refractivity contribution >= 4 is 17.9 Å². The zero-order valence-corrected chi connectivity index (χ0v) is 11.8. The number of carbonyl (C=O) groups is 1. The van der Waals surface area contributed by atoms with Gasteiger partial charge in [-0.3, -0.25) is 0 Å². The van der Waals surface area contributed by atoms with Crippen LogP contribution in [0.25, 0.3) is 6.08 Å². The van der Waals surface area contributed by atoms with Crippen LogP contribution in [-0.2, 0) is 9.53 Å². The molecule has 1 aliphatic rings. The normalized spacial score (nSPS) is 23.2. The molecule has 0 aliphatic carbocycles. The number of nitrogens with zero attached hydrogens (tertiary/aromatic N) is 2. The number of hydrogen-bond acceptors (Lipinski definition) is 4. The molecular formula is C15H20N2O3. The molecule has 0 saturated carbocycles. The molecule has 1 fully saturated rings. The van der Waals surface area contributed by atoms with Crippen LogP contribution in [0.15, 0.2) is 24.4 Å². The van der Waals surface area contributed by atoms with Gasteiger partial charge < -0.3 is 14.7 Å². The average molecular weight is 276 g/mol. The number of hydrogen-bond donors (Lipinski definition) is 1. The smallest absolute Gasteiger partial charge is 0.328 e. The van der Waals surface area contributed by atoms with Gasteiger partial charge in [0.15, 0.2) is 0 Å². The van der Waals surface area contributed by atoms with E-state index >= 15 is 0 Å². The predicted octanol–water partition coefficient (Wildman–Crippen LogP) is 2.04. The van der Waals surface area contributed by atoms with E-state index in [-0.39, 0.29) is 6.10 Å². The van der Waals surface area contributed by atoms with Crippen molar-refractivity contribution in [2.45, 2.75) is 19.4 Å². The van der Waals surface area contributed by atoms with Crippen molar-refractivity contribution in [2.75, 3.05) is 25.1 Å². The number of ether oxygens (including phenoxy) is 1. The minimum Gasteiger partial charge on any atom is -0.478 e. The topological polar surface area (TPSA) is 62.7 Å². The van der Waals surface area contributed by atoms with E-state index in [0.29, 0.717) is 5.92 Å². The van der Waals surface area contributed by atoms with E-state index in [1.807, 2.05) is 12.1 Å². The second-order valence-electron chi connectivity index (χ2n) is 5.07. The van der Waals surface area contributed by atoms with E-state index in [4.69, 9.17) is 9.84 Å². The van der Waals surface area contributed by atoms with Crippen molar-refractivity contribution in [2.24, 2.45) is 5.92 Å². The third kappa shape index (κ3) is 3.36. The van der Waals surface area contributed by atoms with Crippen LogP contribution in [0.5, 0.6) is 0 Å². The summed E-state index contributed by atoms with van der Waals surface area (Å²) in [5, 5.41) is 8.75. The average Bonchev–Trinajstić information content (AvgIpc) is 2.46. The lowest BCUT2D eigenvalue weighted by molar-refractivity contribution is -0.131. The minimum absolute atomic E-state index is 0.182. The van der Waals surface area contributed by atoms with Crippen LogP contribution in [0.4, 0.5) is 5.82 Å². The first-order chi connectivity index (χ1) is 9.61. The molecule has 0 aromatic carbocycles. The molecule has 1 aromatic heterocycles. The summed E-state index contributed by atoms with van der Waals surface area (Å²) < 4.78 is 5.51. The molecule has 1 aliphatic heterocycles. The van der Waals surface area contributed by atoms with Gasteiger partial charge in [-0.1, -0.05) is 6.92 Å². The van der Waals surface area contributed by atoms with Crippen LogP contribution < -0.4 is 4.90 Å². The first kappa shape index (κ1) is 14.5. The maximum atomic E-state index is 10.7. The number of pyridine rings is 1. The van der Waals surface area contributed by atoms with Gasteiger partial charge in [0.25, 0.3) is 0 Å². The van der Waals surface area contributed by atoms with E-state index in [1.165, 1.54) is 0 Å². The van der Waals surface area contributed by atoms with Crippen LogP contribution in [0.3, 0.4) is 0 Å². The fraction of sp³-hybridized carbons (Fsp3) is 0.467. The Hall–Kier alpha value is -1.88. The molecule has 2 rings (SSSR count). The molecule has 0 radical (unpaired) electrons. The van der Waals surface area contributed by atoms with Crippen molar-refractivity contribution < 1.29 is 14.6 Å². The Morgan fingerprint density at radius 2 is 2.40 bits per heavy atom. The minimum atomic E-state index is -0.957. The van der Waals surface area contributed by atoms with Gasteiger partial charge in [-0.15, -0.1) is 0 Å². The Balaban J connectivity index is 2.22. The van der Waals surface area contributed by atoms with Gasteiger partial charge in [-0.05, 0) is 30.5 Å². The van der Waals surface area contributed by atoms with Gasteiger partial charge in [0.1, 0.15) is 5.82 Å². The lowest BCUT2D eigenvalue weighted by Crippen LogP contribution is -2.44. The SMILES string of the molecule is COC1CN(c2ncccc2/C=C/C(=O)O)CCC1C. The summed E-state index contributed by atoms with van der Waals surface area (Å²) in [6.45, 7) is 3.88. The lowest BCUT2D eigenvalue weighted by Gasteiger charge is -2.37. The van der Waals surface area contributed by atoms with E-state index < -0.39 is 5.97 Å². The van der Waals surface area contributed by atoms with Crippen LogP contribution in [0, 0.1) is 5.92 Å². The number of rotatable bonds is 4. The number of anilines is 1. The molecule has 1 N–H and O–H groups in total. The third-order valence-corrected chi connectivity index (χ3v) is 3.71. The highest BCUT2D eigenvalue weighted by atomic mass is 16.5. The summed E-state index contributed by atoms with van der Waals surface area (Å²) >= 11 is 0. The maximum Gasteiger partial charge on any atom is 0.328 e. The Kier molecular flexibility index (Phi) is 4.74. The van der Waals surface area contributed by atoms with E-state index in [0.717, 1.165) is 37.0 Å². The molecule has 2 heterocycles. The van der Waals surface area contributed by atoms with Crippen LogP contribution in [-0.4, -0.2) is 42.4 Å².